The third kappa shape index (κ3) is 9.18. The lowest BCUT2D eigenvalue weighted by Crippen LogP contribution is -2.38. The molecule has 0 atom stereocenters. The van der Waals surface area contributed by atoms with E-state index in [9.17, 15) is 0 Å². The first-order chi connectivity index (χ1) is 12.3. The summed E-state index contributed by atoms with van der Waals surface area (Å²) in [4.78, 5) is 11.4. The molecule has 2 rings (SSSR count). The monoisotopic (exact) mass is 478 g/mol. The topological polar surface area (TPSA) is 66.7 Å². The lowest BCUT2D eigenvalue weighted by atomic mass is 10.3. The molecule has 1 saturated heterocycles. The van der Waals surface area contributed by atoms with Gasteiger partial charge >= 0.3 is 0 Å². The summed E-state index contributed by atoms with van der Waals surface area (Å²) in [5.74, 6) is 2.02. The standard InChI is InChI=1S/C18H34N6O.HI/c1-3-19-18(22-8-6-10-23-13-15-25-16-14-23)21-7-4-5-11-24-12-9-20-17(24)2;/h9,12H,3-8,10-11,13-16H2,1-2H3,(H2,19,21,22);1H. The van der Waals surface area contributed by atoms with E-state index >= 15 is 0 Å². The molecule has 0 bridgehead atoms. The summed E-state index contributed by atoms with van der Waals surface area (Å²) in [5.41, 5.74) is 0. The molecule has 7 nitrogen and oxygen atoms in total. The van der Waals surface area contributed by atoms with Gasteiger partial charge in [-0.05, 0) is 33.1 Å². The summed E-state index contributed by atoms with van der Waals surface area (Å²) in [6.45, 7) is 12.8. The lowest BCUT2D eigenvalue weighted by Gasteiger charge is -2.26. The quantitative estimate of drug-likeness (QED) is 0.233. The Balaban J connectivity index is 0.00000338. The fourth-order valence-corrected chi connectivity index (χ4v) is 2.91. The van der Waals surface area contributed by atoms with E-state index in [4.69, 9.17) is 4.74 Å². The number of nitrogens with zero attached hydrogens (tertiary/aromatic N) is 4. The van der Waals surface area contributed by atoms with Crippen LogP contribution in [0.5, 0.6) is 0 Å². The highest BCUT2D eigenvalue weighted by molar-refractivity contribution is 14.0. The van der Waals surface area contributed by atoms with Crippen LogP contribution in [0.25, 0.3) is 0 Å². The van der Waals surface area contributed by atoms with E-state index in [-0.39, 0.29) is 24.0 Å². The Morgan fingerprint density at radius 3 is 2.69 bits per heavy atom. The number of imidazole rings is 1. The van der Waals surface area contributed by atoms with Crippen LogP contribution in [-0.4, -0.2) is 72.9 Å². The average Bonchev–Trinajstić information content (AvgIpc) is 3.04. The second kappa shape index (κ2) is 14.2. The van der Waals surface area contributed by atoms with Crippen LogP contribution in [0.15, 0.2) is 17.4 Å². The molecule has 0 radical (unpaired) electrons. The van der Waals surface area contributed by atoms with Crippen molar-refractivity contribution < 1.29 is 4.74 Å². The van der Waals surface area contributed by atoms with E-state index < -0.39 is 0 Å². The maximum Gasteiger partial charge on any atom is 0.191 e. The van der Waals surface area contributed by atoms with Crippen LogP contribution in [0.4, 0.5) is 0 Å². The maximum atomic E-state index is 5.38. The van der Waals surface area contributed by atoms with Crippen molar-refractivity contribution in [2.45, 2.75) is 39.7 Å². The van der Waals surface area contributed by atoms with Gasteiger partial charge < -0.3 is 19.9 Å². The maximum absolute atomic E-state index is 5.38. The molecule has 26 heavy (non-hydrogen) atoms. The first-order valence-corrected chi connectivity index (χ1v) is 9.59. The first-order valence-electron chi connectivity index (χ1n) is 9.59. The molecular weight excluding hydrogens is 443 g/mol. The van der Waals surface area contributed by atoms with Gasteiger partial charge in [-0.15, -0.1) is 24.0 Å². The van der Waals surface area contributed by atoms with E-state index in [1.165, 1.54) is 0 Å². The Morgan fingerprint density at radius 1 is 1.19 bits per heavy atom. The summed E-state index contributed by atoms with van der Waals surface area (Å²) < 4.78 is 7.58. The van der Waals surface area contributed by atoms with Gasteiger partial charge in [0.05, 0.1) is 13.2 Å². The zero-order chi connectivity index (χ0) is 17.7. The number of hydrogen-bond acceptors (Lipinski definition) is 4. The van der Waals surface area contributed by atoms with Crippen LogP contribution in [-0.2, 0) is 11.3 Å². The highest BCUT2D eigenvalue weighted by atomic mass is 127. The zero-order valence-electron chi connectivity index (χ0n) is 16.2. The van der Waals surface area contributed by atoms with Gasteiger partial charge in [-0.1, -0.05) is 0 Å². The molecule has 0 unspecified atom stereocenters. The van der Waals surface area contributed by atoms with Crippen molar-refractivity contribution in [3.05, 3.63) is 18.2 Å². The van der Waals surface area contributed by atoms with Gasteiger partial charge in [0.15, 0.2) is 5.96 Å². The lowest BCUT2D eigenvalue weighted by molar-refractivity contribution is 0.0377. The van der Waals surface area contributed by atoms with Crippen LogP contribution in [0.1, 0.15) is 32.0 Å². The number of aromatic nitrogens is 2. The summed E-state index contributed by atoms with van der Waals surface area (Å²) in [6, 6.07) is 0. The number of halogens is 1. The average molecular weight is 478 g/mol. The van der Waals surface area contributed by atoms with Crippen molar-refractivity contribution in [3.63, 3.8) is 0 Å². The molecule has 0 amide bonds. The Bertz CT molecular complexity index is 502. The second-order valence-corrected chi connectivity index (χ2v) is 6.37. The molecule has 0 aromatic carbocycles. The molecule has 150 valence electrons. The molecule has 1 aromatic rings. The summed E-state index contributed by atoms with van der Waals surface area (Å²) in [6.07, 6.45) is 7.26. The van der Waals surface area contributed by atoms with Crippen molar-refractivity contribution in [2.75, 3.05) is 52.5 Å². The van der Waals surface area contributed by atoms with E-state index in [1.54, 1.807) is 0 Å². The van der Waals surface area contributed by atoms with Gasteiger partial charge in [-0.3, -0.25) is 9.89 Å². The third-order valence-electron chi connectivity index (χ3n) is 4.39. The third-order valence-corrected chi connectivity index (χ3v) is 4.39. The number of aryl methyl sites for hydroxylation is 2. The Labute approximate surface area is 175 Å². The summed E-state index contributed by atoms with van der Waals surface area (Å²) in [7, 11) is 0. The predicted octanol–water partition coefficient (Wildman–Crippen LogP) is 1.87. The van der Waals surface area contributed by atoms with Crippen LogP contribution in [0.2, 0.25) is 0 Å². The van der Waals surface area contributed by atoms with Gasteiger partial charge in [0.1, 0.15) is 5.82 Å². The summed E-state index contributed by atoms with van der Waals surface area (Å²) >= 11 is 0. The van der Waals surface area contributed by atoms with Crippen molar-refractivity contribution in [1.82, 2.24) is 25.1 Å². The number of unbranched alkanes of at least 4 members (excludes halogenated alkanes) is 1. The number of nitrogens with one attached hydrogen (secondary N) is 2. The van der Waals surface area contributed by atoms with Gasteiger partial charge in [0.2, 0.25) is 0 Å². The van der Waals surface area contributed by atoms with Crippen LogP contribution in [0, 0.1) is 6.92 Å². The highest BCUT2D eigenvalue weighted by Gasteiger charge is 2.09. The zero-order valence-corrected chi connectivity index (χ0v) is 18.6. The predicted molar refractivity (Wildman–Crippen MR) is 117 cm³/mol. The fourth-order valence-electron chi connectivity index (χ4n) is 2.91. The molecule has 2 heterocycles. The second-order valence-electron chi connectivity index (χ2n) is 6.37. The smallest absolute Gasteiger partial charge is 0.191 e. The Hall–Kier alpha value is -0.870. The number of hydrogen-bond donors (Lipinski definition) is 2. The van der Waals surface area contributed by atoms with Crippen molar-refractivity contribution >= 4 is 29.9 Å². The molecule has 1 aliphatic heterocycles. The number of guanidine groups is 1. The SMILES string of the molecule is CCNC(=NCCCN1CCOCC1)NCCCCn1ccnc1C.I. The molecular formula is C18H35IN6O. The normalized spacial score (nSPS) is 15.5. The van der Waals surface area contributed by atoms with Crippen LogP contribution < -0.4 is 10.6 Å². The fraction of sp³-hybridized carbons (Fsp3) is 0.778. The number of morpholine rings is 1. The molecule has 1 fully saturated rings. The first kappa shape index (κ1) is 23.2. The van der Waals surface area contributed by atoms with E-state index in [1.807, 2.05) is 19.3 Å². The number of ether oxygens (including phenoxy) is 1. The minimum absolute atomic E-state index is 0. The molecule has 0 spiro atoms. The van der Waals surface area contributed by atoms with E-state index in [0.717, 1.165) is 90.1 Å². The number of aliphatic imine (C=N–C) groups is 1. The van der Waals surface area contributed by atoms with Gasteiger partial charge in [0.25, 0.3) is 0 Å². The van der Waals surface area contributed by atoms with E-state index in [0.29, 0.717) is 0 Å². The Kier molecular flexibility index (Phi) is 12.7. The summed E-state index contributed by atoms with van der Waals surface area (Å²) in [5, 5.41) is 6.76. The largest absolute Gasteiger partial charge is 0.379 e. The van der Waals surface area contributed by atoms with Gasteiger partial charge in [0, 0.05) is 58.2 Å². The highest BCUT2D eigenvalue weighted by Crippen LogP contribution is 2.00. The minimum Gasteiger partial charge on any atom is -0.379 e. The van der Waals surface area contributed by atoms with Crippen molar-refractivity contribution in [3.8, 4) is 0 Å². The molecule has 0 saturated carbocycles. The van der Waals surface area contributed by atoms with Gasteiger partial charge in [-0.25, -0.2) is 4.98 Å². The van der Waals surface area contributed by atoms with Gasteiger partial charge in [-0.2, -0.15) is 0 Å². The van der Waals surface area contributed by atoms with Crippen LogP contribution >= 0.6 is 24.0 Å². The van der Waals surface area contributed by atoms with Crippen molar-refractivity contribution in [1.29, 1.82) is 0 Å². The Morgan fingerprint density at radius 2 is 2.00 bits per heavy atom. The number of rotatable bonds is 10. The van der Waals surface area contributed by atoms with E-state index in [2.05, 4.69) is 37.0 Å². The minimum atomic E-state index is 0. The molecule has 2 N–H and O–H groups in total. The molecule has 1 aliphatic rings. The molecule has 1 aromatic heterocycles. The van der Waals surface area contributed by atoms with Crippen molar-refractivity contribution in [2.24, 2.45) is 4.99 Å². The molecule has 0 aliphatic carbocycles. The van der Waals surface area contributed by atoms with Crippen LogP contribution in [0.3, 0.4) is 0 Å². The molecule has 8 heteroatoms.